The summed E-state index contributed by atoms with van der Waals surface area (Å²) in [5.41, 5.74) is 0.673. The molecule has 0 aliphatic carbocycles. The summed E-state index contributed by atoms with van der Waals surface area (Å²) in [6.07, 6.45) is 3.33. The van der Waals surface area contributed by atoms with Crippen LogP contribution < -0.4 is 4.74 Å². The normalized spacial score (nSPS) is 10.5. The van der Waals surface area contributed by atoms with Gasteiger partial charge in [0.05, 0.1) is 6.26 Å². The van der Waals surface area contributed by atoms with Crippen LogP contribution >= 0.6 is 0 Å². The third-order valence-electron chi connectivity index (χ3n) is 2.29. The molecule has 0 spiro atoms. The number of hydrogen-bond donors (Lipinski definition) is 0. The summed E-state index contributed by atoms with van der Waals surface area (Å²) >= 11 is 0. The zero-order valence-corrected chi connectivity index (χ0v) is 8.46. The van der Waals surface area contributed by atoms with Crippen LogP contribution in [0.4, 0.5) is 0 Å². The maximum absolute atomic E-state index is 5.65. The van der Waals surface area contributed by atoms with E-state index in [1.165, 1.54) is 0 Å². The Kier molecular flexibility index (Phi) is 2.07. The Morgan fingerprint density at radius 2 is 1.88 bits per heavy atom. The van der Waals surface area contributed by atoms with E-state index in [4.69, 9.17) is 9.15 Å². The predicted octanol–water partition coefficient (Wildman–Crippen LogP) is 3.62. The van der Waals surface area contributed by atoms with Crippen LogP contribution in [0.25, 0.3) is 11.0 Å². The maximum atomic E-state index is 5.65. The van der Waals surface area contributed by atoms with Gasteiger partial charge >= 0.3 is 0 Å². The zero-order valence-electron chi connectivity index (χ0n) is 8.46. The molecule has 2 heterocycles. The molecule has 0 fully saturated rings. The van der Waals surface area contributed by atoms with Gasteiger partial charge in [0.1, 0.15) is 5.75 Å². The Labute approximate surface area is 92.3 Å². The van der Waals surface area contributed by atoms with E-state index >= 15 is 0 Å². The molecular weight excluding hydrogens is 202 g/mol. The number of hydrogen-bond acceptors (Lipinski definition) is 3. The number of fused-ring (bicyclic) bond motifs is 1. The second-order valence-corrected chi connectivity index (χ2v) is 3.37. The summed E-state index contributed by atoms with van der Waals surface area (Å²) in [5.74, 6) is 1.24. The fraction of sp³-hybridized carbons (Fsp3) is 0. The molecule has 0 N–H and O–H groups in total. The number of nitrogens with zero attached hydrogens (tertiary/aromatic N) is 1. The second-order valence-electron chi connectivity index (χ2n) is 3.37. The first-order valence-corrected chi connectivity index (χ1v) is 4.98. The van der Waals surface area contributed by atoms with E-state index < -0.39 is 0 Å². The van der Waals surface area contributed by atoms with Gasteiger partial charge < -0.3 is 9.15 Å². The van der Waals surface area contributed by atoms with Crippen molar-refractivity contribution in [2.75, 3.05) is 0 Å². The Morgan fingerprint density at radius 3 is 2.75 bits per heavy atom. The average Bonchev–Trinajstić information content (AvgIpc) is 2.80. The summed E-state index contributed by atoms with van der Waals surface area (Å²) in [6, 6.07) is 13.3. The van der Waals surface area contributed by atoms with Crippen LogP contribution in [-0.4, -0.2) is 4.98 Å². The Balaban J connectivity index is 2.04. The van der Waals surface area contributed by atoms with Gasteiger partial charge in [0.2, 0.25) is 0 Å². The molecule has 3 heteroatoms. The van der Waals surface area contributed by atoms with E-state index in [1.54, 1.807) is 12.5 Å². The minimum absolute atomic E-state index is 0.494. The molecular formula is C13H9NO2. The van der Waals surface area contributed by atoms with Crippen LogP contribution in [-0.2, 0) is 0 Å². The molecule has 3 aromatic rings. The largest absolute Gasteiger partial charge is 0.459 e. The van der Waals surface area contributed by atoms with Crippen molar-refractivity contribution in [2.45, 2.75) is 0 Å². The Bertz CT molecular complexity index is 601. The highest BCUT2D eigenvalue weighted by molar-refractivity contribution is 5.81. The van der Waals surface area contributed by atoms with Gasteiger partial charge in [-0.2, -0.15) is 0 Å². The molecule has 2 aromatic heterocycles. The van der Waals surface area contributed by atoms with Crippen LogP contribution in [0, 0.1) is 0 Å². The number of pyridine rings is 1. The van der Waals surface area contributed by atoms with Crippen LogP contribution in [0.2, 0.25) is 0 Å². The van der Waals surface area contributed by atoms with Gasteiger partial charge in [-0.15, -0.1) is 0 Å². The monoisotopic (exact) mass is 211 g/mol. The molecule has 0 saturated carbocycles. The summed E-state index contributed by atoms with van der Waals surface area (Å²) < 4.78 is 11.0. The summed E-state index contributed by atoms with van der Waals surface area (Å²) in [6.45, 7) is 0. The van der Waals surface area contributed by atoms with Crippen molar-refractivity contribution >= 4 is 11.0 Å². The molecule has 0 radical (unpaired) electrons. The van der Waals surface area contributed by atoms with Crippen molar-refractivity contribution in [1.82, 2.24) is 4.98 Å². The third-order valence-corrected chi connectivity index (χ3v) is 2.29. The quantitative estimate of drug-likeness (QED) is 0.649. The first-order chi connectivity index (χ1) is 7.93. The van der Waals surface area contributed by atoms with E-state index in [9.17, 15) is 0 Å². The molecule has 3 nitrogen and oxygen atoms in total. The lowest BCUT2D eigenvalue weighted by Gasteiger charge is -2.03. The van der Waals surface area contributed by atoms with E-state index in [1.807, 2.05) is 42.5 Å². The van der Waals surface area contributed by atoms with Crippen LogP contribution in [0.5, 0.6) is 11.6 Å². The lowest BCUT2D eigenvalue weighted by atomic mass is 10.3. The van der Waals surface area contributed by atoms with Gasteiger partial charge in [0.15, 0.2) is 5.58 Å². The maximum Gasteiger partial charge on any atom is 0.263 e. The number of rotatable bonds is 2. The molecule has 0 saturated heterocycles. The smallest absolute Gasteiger partial charge is 0.263 e. The van der Waals surface area contributed by atoms with E-state index in [2.05, 4.69) is 4.98 Å². The van der Waals surface area contributed by atoms with Crippen molar-refractivity contribution in [3.05, 3.63) is 54.9 Å². The van der Waals surface area contributed by atoms with Crippen molar-refractivity contribution in [2.24, 2.45) is 0 Å². The molecule has 0 atom stereocenters. The van der Waals surface area contributed by atoms with Crippen molar-refractivity contribution in [1.29, 1.82) is 0 Å². The number of ether oxygens (including phenoxy) is 1. The molecule has 0 aliphatic heterocycles. The summed E-state index contributed by atoms with van der Waals surface area (Å²) in [7, 11) is 0. The third kappa shape index (κ3) is 1.52. The van der Waals surface area contributed by atoms with Crippen LogP contribution in [0.3, 0.4) is 0 Å². The van der Waals surface area contributed by atoms with E-state index in [0.717, 1.165) is 11.1 Å². The molecule has 16 heavy (non-hydrogen) atoms. The first-order valence-electron chi connectivity index (χ1n) is 4.98. The highest BCUT2D eigenvalue weighted by Crippen LogP contribution is 2.27. The van der Waals surface area contributed by atoms with Gasteiger partial charge in [-0.1, -0.05) is 18.2 Å². The van der Waals surface area contributed by atoms with Gasteiger partial charge in [-0.25, -0.2) is 4.98 Å². The number of benzene rings is 1. The van der Waals surface area contributed by atoms with Gasteiger partial charge in [0, 0.05) is 11.6 Å². The molecule has 1 aromatic carbocycles. The lowest BCUT2D eigenvalue weighted by molar-refractivity contribution is 0.454. The minimum atomic E-state index is 0.494. The molecule has 78 valence electrons. The van der Waals surface area contributed by atoms with Crippen molar-refractivity contribution < 1.29 is 9.15 Å². The molecule has 0 aliphatic rings. The van der Waals surface area contributed by atoms with Gasteiger partial charge in [-0.05, 0) is 24.3 Å². The fourth-order valence-corrected chi connectivity index (χ4v) is 1.54. The molecule has 3 rings (SSSR count). The summed E-state index contributed by atoms with van der Waals surface area (Å²) in [4.78, 5) is 4.16. The van der Waals surface area contributed by atoms with Crippen LogP contribution in [0.15, 0.2) is 59.3 Å². The predicted molar refractivity (Wildman–Crippen MR) is 60.5 cm³/mol. The SMILES string of the molecule is c1ccc(Oc2nccc3ccoc23)cc1. The lowest BCUT2D eigenvalue weighted by Crippen LogP contribution is -1.87. The minimum Gasteiger partial charge on any atom is -0.459 e. The molecule has 0 unspecified atom stereocenters. The Hall–Kier alpha value is -2.29. The summed E-state index contributed by atoms with van der Waals surface area (Å²) in [5, 5.41) is 0.987. The Morgan fingerprint density at radius 1 is 1.00 bits per heavy atom. The first kappa shape index (κ1) is 8.97. The molecule has 0 bridgehead atoms. The van der Waals surface area contributed by atoms with E-state index in [0.29, 0.717) is 11.5 Å². The number of aromatic nitrogens is 1. The fourth-order valence-electron chi connectivity index (χ4n) is 1.54. The second kappa shape index (κ2) is 3.70. The van der Waals surface area contributed by atoms with Crippen molar-refractivity contribution in [3.63, 3.8) is 0 Å². The average molecular weight is 211 g/mol. The number of para-hydroxylation sites is 1. The number of furan rings is 1. The standard InChI is InChI=1S/C13H9NO2/c1-2-4-11(5-3-1)16-13-12-10(6-8-14-13)7-9-15-12/h1-9H. The molecule has 0 amide bonds. The van der Waals surface area contributed by atoms with Crippen molar-refractivity contribution in [3.8, 4) is 11.6 Å². The highest BCUT2D eigenvalue weighted by atomic mass is 16.5. The topological polar surface area (TPSA) is 35.3 Å². The van der Waals surface area contributed by atoms with Gasteiger partial charge in [0.25, 0.3) is 5.88 Å². The zero-order chi connectivity index (χ0) is 10.8. The highest BCUT2D eigenvalue weighted by Gasteiger charge is 2.07. The van der Waals surface area contributed by atoms with Gasteiger partial charge in [-0.3, -0.25) is 0 Å². The van der Waals surface area contributed by atoms with Crippen LogP contribution in [0.1, 0.15) is 0 Å². The van der Waals surface area contributed by atoms with E-state index in [-0.39, 0.29) is 0 Å².